The summed E-state index contributed by atoms with van der Waals surface area (Å²) in [5, 5.41) is 5.95. The largest absolute Gasteiger partial charge is 0.373 e. The third kappa shape index (κ3) is 12.3. The number of ether oxygens (including phenoxy) is 2. The van der Waals surface area contributed by atoms with E-state index in [-0.39, 0.29) is 29.3 Å². The average molecular weight is 372 g/mol. The van der Waals surface area contributed by atoms with Crippen molar-refractivity contribution < 1.29 is 14.3 Å². The molecule has 26 heavy (non-hydrogen) atoms. The molecule has 0 aromatic carbocycles. The van der Waals surface area contributed by atoms with Crippen LogP contribution in [0, 0.1) is 0 Å². The van der Waals surface area contributed by atoms with Gasteiger partial charge in [0.15, 0.2) is 0 Å². The molecule has 0 heterocycles. The van der Waals surface area contributed by atoms with Crippen LogP contribution in [-0.2, 0) is 9.47 Å². The second-order valence-corrected chi connectivity index (χ2v) is 9.18. The second-order valence-electron chi connectivity index (χ2n) is 9.18. The van der Waals surface area contributed by atoms with E-state index in [0.717, 1.165) is 6.42 Å². The zero-order valence-corrected chi connectivity index (χ0v) is 18.1. The van der Waals surface area contributed by atoms with Crippen LogP contribution in [0.2, 0.25) is 0 Å². The zero-order valence-electron chi connectivity index (χ0n) is 18.1. The van der Waals surface area contributed by atoms with Gasteiger partial charge in [0.2, 0.25) is 0 Å². The summed E-state index contributed by atoms with van der Waals surface area (Å²) in [4.78, 5) is 12.3. The number of hydrogen-bond acceptors (Lipinski definition) is 4. The summed E-state index contributed by atoms with van der Waals surface area (Å²) in [6, 6.07) is -0.173. The number of nitrogens with two attached hydrogens (primary N) is 1. The van der Waals surface area contributed by atoms with E-state index in [1.54, 1.807) is 6.08 Å². The highest BCUT2D eigenvalue weighted by atomic mass is 16.5. The highest BCUT2D eigenvalue weighted by molar-refractivity contribution is 5.75. The maximum Gasteiger partial charge on any atom is 0.315 e. The fourth-order valence-corrected chi connectivity index (χ4v) is 2.95. The number of carbonyl (C=O) groups is 1. The molecule has 0 aromatic heterocycles. The van der Waals surface area contributed by atoms with Crippen LogP contribution in [-0.4, -0.2) is 48.1 Å². The number of carbonyl (C=O) groups excluding carboxylic acids is 1. The maximum atomic E-state index is 12.3. The Morgan fingerprint density at radius 3 is 2.12 bits per heavy atom. The van der Waals surface area contributed by atoms with E-state index in [1.165, 1.54) is 0 Å². The van der Waals surface area contributed by atoms with E-state index < -0.39 is 5.54 Å². The van der Waals surface area contributed by atoms with Crippen molar-refractivity contribution in [2.24, 2.45) is 5.73 Å². The molecular weight excluding hydrogens is 330 g/mol. The minimum absolute atomic E-state index is 0.0268. The molecule has 0 spiro atoms. The molecule has 0 aliphatic heterocycles. The number of nitrogens with one attached hydrogen (secondary N) is 2. The first-order valence-electron chi connectivity index (χ1n) is 9.41. The first-order valence-corrected chi connectivity index (χ1v) is 9.41. The van der Waals surface area contributed by atoms with Crippen LogP contribution in [0.25, 0.3) is 0 Å². The van der Waals surface area contributed by atoms with Gasteiger partial charge in [0.1, 0.15) is 0 Å². The normalized spacial score (nSPS) is 15.3. The van der Waals surface area contributed by atoms with Crippen molar-refractivity contribution in [1.29, 1.82) is 0 Å². The van der Waals surface area contributed by atoms with E-state index >= 15 is 0 Å². The van der Waals surface area contributed by atoms with E-state index in [4.69, 9.17) is 15.2 Å². The van der Waals surface area contributed by atoms with Crippen molar-refractivity contribution in [3.05, 3.63) is 12.7 Å². The summed E-state index contributed by atoms with van der Waals surface area (Å²) in [6.07, 6.45) is 3.18. The first kappa shape index (κ1) is 24.9. The van der Waals surface area contributed by atoms with Gasteiger partial charge >= 0.3 is 6.03 Å². The fourth-order valence-electron chi connectivity index (χ4n) is 2.95. The summed E-state index contributed by atoms with van der Waals surface area (Å²) >= 11 is 0. The number of urea groups is 1. The Hall–Kier alpha value is -1.11. The van der Waals surface area contributed by atoms with Gasteiger partial charge in [-0.2, -0.15) is 0 Å². The van der Waals surface area contributed by atoms with Gasteiger partial charge < -0.3 is 25.8 Å². The molecule has 0 saturated heterocycles. The standard InChI is InChI=1S/C20H41N3O3/c1-10-11-25-20(8,9)13-16(3)22-17(24)23-18(4,5)14-26-19(6,7)12-15(2)21/h10,15-16H,1,11-14,21H2,2-9H3,(H2,22,23,24). The predicted molar refractivity (Wildman–Crippen MR) is 108 cm³/mol. The molecule has 0 fully saturated rings. The van der Waals surface area contributed by atoms with E-state index in [1.807, 2.05) is 55.4 Å². The highest BCUT2D eigenvalue weighted by Crippen LogP contribution is 2.19. The van der Waals surface area contributed by atoms with Crippen LogP contribution >= 0.6 is 0 Å². The lowest BCUT2D eigenvalue weighted by Crippen LogP contribution is -2.54. The Morgan fingerprint density at radius 2 is 1.62 bits per heavy atom. The number of amides is 2. The van der Waals surface area contributed by atoms with Gasteiger partial charge in [-0.25, -0.2) is 4.79 Å². The summed E-state index contributed by atoms with van der Waals surface area (Å²) in [5.74, 6) is 0. The minimum Gasteiger partial charge on any atom is -0.373 e. The maximum absolute atomic E-state index is 12.3. The van der Waals surface area contributed by atoms with Crippen LogP contribution in [0.15, 0.2) is 12.7 Å². The zero-order chi connectivity index (χ0) is 20.6. The van der Waals surface area contributed by atoms with E-state index in [0.29, 0.717) is 19.6 Å². The number of hydrogen-bond donors (Lipinski definition) is 3. The van der Waals surface area contributed by atoms with Crippen LogP contribution in [0.3, 0.4) is 0 Å². The Kier molecular flexibility index (Phi) is 9.84. The molecule has 0 radical (unpaired) electrons. The van der Waals surface area contributed by atoms with Gasteiger partial charge in [0, 0.05) is 12.1 Å². The fraction of sp³-hybridized carbons (Fsp3) is 0.850. The van der Waals surface area contributed by atoms with Crippen molar-refractivity contribution in [2.75, 3.05) is 13.2 Å². The van der Waals surface area contributed by atoms with E-state index in [2.05, 4.69) is 17.2 Å². The summed E-state index contributed by atoms with van der Waals surface area (Å²) < 4.78 is 11.7. The summed E-state index contributed by atoms with van der Waals surface area (Å²) in [6.45, 7) is 20.4. The summed E-state index contributed by atoms with van der Waals surface area (Å²) in [5.41, 5.74) is 4.71. The molecule has 2 atom stereocenters. The Labute approximate surface area is 160 Å². The highest BCUT2D eigenvalue weighted by Gasteiger charge is 2.28. The Bertz CT molecular complexity index is 446. The quantitative estimate of drug-likeness (QED) is 0.459. The molecule has 0 bridgehead atoms. The van der Waals surface area contributed by atoms with Crippen molar-refractivity contribution >= 4 is 6.03 Å². The van der Waals surface area contributed by atoms with Crippen molar-refractivity contribution in [2.45, 2.75) is 97.1 Å². The molecule has 0 aromatic rings. The van der Waals surface area contributed by atoms with Gasteiger partial charge in [-0.15, -0.1) is 6.58 Å². The van der Waals surface area contributed by atoms with Crippen LogP contribution < -0.4 is 16.4 Å². The smallest absolute Gasteiger partial charge is 0.315 e. The molecule has 0 rings (SSSR count). The lowest BCUT2D eigenvalue weighted by atomic mass is 9.99. The predicted octanol–water partition coefficient (Wildman–Crippen LogP) is 3.36. The van der Waals surface area contributed by atoms with Crippen LogP contribution in [0.5, 0.6) is 0 Å². The average Bonchev–Trinajstić information content (AvgIpc) is 2.40. The molecule has 0 aliphatic carbocycles. The van der Waals surface area contributed by atoms with Crippen molar-refractivity contribution in [3.63, 3.8) is 0 Å². The molecule has 6 heteroatoms. The Morgan fingerprint density at radius 1 is 1.08 bits per heavy atom. The molecular formula is C20H41N3O3. The Balaban J connectivity index is 4.44. The van der Waals surface area contributed by atoms with Gasteiger partial charge in [0.25, 0.3) is 0 Å². The van der Waals surface area contributed by atoms with Crippen molar-refractivity contribution in [1.82, 2.24) is 10.6 Å². The lowest BCUT2D eigenvalue weighted by molar-refractivity contribution is -0.0483. The molecule has 4 N–H and O–H groups in total. The molecule has 0 aliphatic rings. The molecule has 0 saturated carbocycles. The van der Waals surface area contributed by atoms with Crippen LogP contribution in [0.4, 0.5) is 4.79 Å². The third-order valence-electron chi connectivity index (χ3n) is 3.86. The molecule has 2 amide bonds. The van der Waals surface area contributed by atoms with Gasteiger partial charge in [-0.05, 0) is 68.2 Å². The summed E-state index contributed by atoms with van der Waals surface area (Å²) in [7, 11) is 0. The van der Waals surface area contributed by atoms with Gasteiger partial charge in [-0.3, -0.25) is 0 Å². The van der Waals surface area contributed by atoms with Gasteiger partial charge in [0.05, 0.1) is 30.0 Å². The molecule has 6 nitrogen and oxygen atoms in total. The lowest BCUT2D eigenvalue weighted by Gasteiger charge is -2.34. The van der Waals surface area contributed by atoms with Crippen LogP contribution in [0.1, 0.15) is 68.2 Å². The first-order chi connectivity index (χ1) is 11.7. The number of rotatable bonds is 12. The SMILES string of the molecule is C=CCOC(C)(C)CC(C)NC(=O)NC(C)(C)COC(C)(C)CC(C)N. The topological polar surface area (TPSA) is 85.6 Å². The minimum atomic E-state index is -0.492. The van der Waals surface area contributed by atoms with E-state index in [9.17, 15) is 4.79 Å². The molecule has 2 unspecified atom stereocenters. The van der Waals surface area contributed by atoms with Gasteiger partial charge in [-0.1, -0.05) is 6.08 Å². The van der Waals surface area contributed by atoms with Crippen molar-refractivity contribution in [3.8, 4) is 0 Å². The second kappa shape index (κ2) is 10.3. The molecule has 154 valence electrons. The third-order valence-corrected chi connectivity index (χ3v) is 3.86. The monoisotopic (exact) mass is 371 g/mol.